The molecule has 1 heterocycles. The highest BCUT2D eigenvalue weighted by molar-refractivity contribution is 7.89. The first-order chi connectivity index (χ1) is 12.5. The highest BCUT2D eigenvalue weighted by Crippen LogP contribution is 2.32. The van der Waals surface area contributed by atoms with Gasteiger partial charge in [-0.3, -0.25) is 0 Å². The van der Waals surface area contributed by atoms with Crippen LogP contribution in [0.3, 0.4) is 0 Å². The Morgan fingerprint density at radius 1 is 0.923 bits per heavy atom. The molecule has 0 spiro atoms. The molecule has 1 aliphatic rings. The number of benzene rings is 2. The highest BCUT2D eigenvalue weighted by atomic mass is 32.2. The summed E-state index contributed by atoms with van der Waals surface area (Å²) in [5, 5.41) is 0. The molecule has 26 heavy (non-hydrogen) atoms. The van der Waals surface area contributed by atoms with E-state index in [-0.39, 0.29) is 16.7 Å². The van der Waals surface area contributed by atoms with E-state index >= 15 is 0 Å². The second-order valence-corrected chi connectivity index (χ2v) is 7.96. The first-order valence-corrected chi connectivity index (χ1v) is 9.92. The number of methoxy groups -OCH3 is 2. The summed E-state index contributed by atoms with van der Waals surface area (Å²) in [6.45, 7) is 0.823. The normalized spacial score (nSPS) is 16.2. The van der Waals surface area contributed by atoms with Gasteiger partial charge in [-0.2, -0.15) is 4.31 Å². The van der Waals surface area contributed by atoms with Crippen molar-refractivity contribution in [2.24, 2.45) is 0 Å². The molecule has 2 aromatic rings. The van der Waals surface area contributed by atoms with Crippen molar-refractivity contribution in [3.8, 4) is 17.2 Å². The van der Waals surface area contributed by atoms with Gasteiger partial charge in [0.1, 0.15) is 28.2 Å². The van der Waals surface area contributed by atoms with Gasteiger partial charge in [0.05, 0.1) is 14.2 Å². The molecule has 3 rings (SSSR count). The molecule has 0 radical (unpaired) electrons. The number of nitrogens with zero attached hydrogens (tertiary/aromatic N) is 1. The Hall–Kier alpha value is -2.25. The first-order valence-electron chi connectivity index (χ1n) is 8.48. The summed E-state index contributed by atoms with van der Waals surface area (Å²) < 4.78 is 43.8. The molecule has 2 aromatic carbocycles. The van der Waals surface area contributed by atoms with Crippen molar-refractivity contribution in [1.29, 1.82) is 0 Å². The van der Waals surface area contributed by atoms with Gasteiger partial charge < -0.3 is 14.2 Å². The van der Waals surface area contributed by atoms with Crippen molar-refractivity contribution in [1.82, 2.24) is 4.31 Å². The van der Waals surface area contributed by atoms with Gasteiger partial charge in [-0.1, -0.05) is 18.2 Å². The van der Waals surface area contributed by atoms with Gasteiger partial charge in [0.25, 0.3) is 0 Å². The number of rotatable bonds is 6. The predicted molar refractivity (Wildman–Crippen MR) is 98.4 cm³/mol. The Balaban J connectivity index is 1.70. The predicted octanol–water partition coefficient (Wildman–Crippen LogP) is 2.94. The Bertz CT molecular complexity index is 830. The molecule has 0 atom stereocenters. The zero-order chi connectivity index (χ0) is 18.6. The molecule has 7 heteroatoms. The SMILES string of the molecule is COc1ccc(S(=O)(=O)N2CCC(Oc3ccccc3)CC2)c(OC)c1. The lowest BCUT2D eigenvalue weighted by Crippen LogP contribution is -2.41. The van der Waals surface area contributed by atoms with E-state index in [2.05, 4.69) is 0 Å². The van der Waals surface area contributed by atoms with Gasteiger partial charge in [-0.25, -0.2) is 8.42 Å². The van der Waals surface area contributed by atoms with E-state index < -0.39 is 10.0 Å². The van der Waals surface area contributed by atoms with E-state index in [1.165, 1.54) is 24.6 Å². The van der Waals surface area contributed by atoms with Gasteiger partial charge in [0.2, 0.25) is 10.0 Å². The summed E-state index contributed by atoms with van der Waals surface area (Å²) in [5.41, 5.74) is 0. The third kappa shape index (κ3) is 3.94. The Kier molecular flexibility index (Phi) is 5.68. The van der Waals surface area contributed by atoms with Crippen LogP contribution in [0.4, 0.5) is 0 Å². The van der Waals surface area contributed by atoms with Crippen molar-refractivity contribution in [3.63, 3.8) is 0 Å². The van der Waals surface area contributed by atoms with E-state index in [4.69, 9.17) is 14.2 Å². The van der Waals surface area contributed by atoms with E-state index in [0.717, 1.165) is 5.75 Å². The summed E-state index contributed by atoms with van der Waals surface area (Å²) in [4.78, 5) is 0.156. The maximum atomic E-state index is 13.0. The number of hydrogen-bond donors (Lipinski definition) is 0. The van der Waals surface area contributed by atoms with Crippen LogP contribution in [0.15, 0.2) is 53.4 Å². The molecule has 0 amide bonds. The number of ether oxygens (including phenoxy) is 3. The standard InChI is InChI=1S/C19H23NO5S/c1-23-17-8-9-19(18(14-17)24-2)26(21,22)20-12-10-16(11-13-20)25-15-6-4-3-5-7-15/h3-9,14,16H,10-13H2,1-2H3. The van der Waals surface area contributed by atoms with Crippen LogP contribution < -0.4 is 14.2 Å². The van der Waals surface area contributed by atoms with E-state index in [0.29, 0.717) is 31.7 Å². The Morgan fingerprint density at radius 3 is 2.23 bits per heavy atom. The van der Waals surface area contributed by atoms with E-state index in [1.807, 2.05) is 30.3 Å². The van der Waals surface area contributed by atoms with Gasteiger partial charge in [0.15, 0.2) is 0 Å². The average Bonchev–Trinajstić information content (AvgIpc) is 2.68. The average molecular weight is 377 g/mol. The molecule has 0 N–H and O–H groups in total. The summed E-state index contributed by atoms with van der Waals surface area (Å²) in [6.07, 6.45) is 1.31. The topological polar surface area (TPSA) is 65.1 Å². The summed E-state index contributed by atoms with van der Waals surface area (Å²) in [5.74, 6) is 1.65. The molecule has 0 saturated carbocycles. The maximum Gasteiger partial charge on any atom is 0.246 e. The minimum Gasteiger partial charge on any atom is -0.497 e. The van der Waals surface area contributed by atoms with Crippen LogP contribution in [-0.2, 0) is 10.0 Å². The van der Waals surface area contributed by atoms with Crippen LogP contribution >= 0.6 is 0 Å². The van der Waals surface area contributed by atoms with Crippen molar-refractivity contribution in [2.45, 2.75) is 23.8 Å². The van der Waals surface area contributed by atoms with Gasteiger partial charge in [-0.15, -0.1) is 0 Å². The molecular weight excluding hydrogens is 354 g/mol. The van der Waals surface area contributed by atoms with Crippen LogP contribution in [0.1, 0.15) is 12.8 Å². The monoisotopic (exact) mass is 377 g/mol. The number of hydrogen-bond acceptors (Lipinski definition) is 5. The number of sulfonamides is 1. The Morgan fingerprint density at radius 2 is 1.62 bits per heavy atom. The lowest BCUT2D eigenvalue weighted by atomic mass is 10.1. The fraction of sp³-hybridized carbons (Fsp3) is 0.368. The molecule has 140 valence electrons. The molecule has 1 aliphatic heterocycles. The molecule has 1 saturated heterocycles. The zero-order valence-corrected chi connectivity index (χ0v) is 15.7. The first kappa shape index (κ1) is 18.5. The quantitative estimate of drug-likeness (QED) is 0.774. The largest absolute Gasteiger partial charge is 0.497 e. The molecule has 1 fully saturated rings. The van der Waals surface area contributed by atoms with E-state index in [1.54, 1.807) is 12.1 Å². The number of piperidine rings is 1. The van der Waals surface area contributed by atoms with Crippen molar-refractivity contribution < 1.29 is 22.6 Å². The van der Waals surface area contributed by atoms with Gasteiger partial charge in [0, 0.05) is 19.2 Å². The van der Waals surface area contributed by atoms with Crippen molar-refractivity contribution in [3.05, 3.63) is 48.5 Å². The second kappa shape index (κ2) is 7.97. The fourth-order valence-electron chi connectivity index (χ4n) is 3.01. The van der Waals surface area contributed by atoms with Crippen LogP contribution in [-0.4, -0.2) is 46.1 Å². The third-order valence-electron chi connectivity index (χ3n) is 4.44. The van der Waals surface area contributed by atoms with E-state index in [9.17, 15) is 8.42 Å². The lowest BCUT2D eigenvalue weighted by molar-refractivity contribution is 0.135. The van der Waals surface area contributed by atoms with Crippen molar-refractivity contribution in [2.75, 3.05) is 27.3 Å². The zero-order valence-electron chi connectivity index (χ0n) is 14.9. The minimum atomic E-state index is -3.63. The summed E-state index contributed by atoms with van der Waals surface area (Å²) >= 11 is 0. The molecule has 0 aliphatic carbocycles. The molecule has 0 aromatic heterocycles. The molecule has 0 unspecified atom stereocenters. The smallest absolute Gasteiger partial charge is 0.246 e. The van der Waals surface area contributed by atoms with Gasteiger partial charge >= 0.3 is 0 Å². The van der Waals surface area contributed by atoms with Crippen LogP contribution in [0.5, 0.6) is 17.2 Å². The Labute approximate surface area is 154 Å². The highest BCUT2D eigenvalue weighted by Gasteiger charge is 2.32. The minimum absolute atomic E-state index is 0.0154. The fourth-order valence-corrected chi connectivity index (χ4v) is 4.62. The molecule has 6 nitrogen and oxygen atoms in total. The molecular formula is C19H23NO5S. The number of para-hydroxylation sites is 1. The maximum absolute atomic E-state index is 13.0. The van der Waals surface area contributed by atoms with Crippen molar-refractivity contribution >= 4 is 10.0 Å². The van der Waals surface area contributed by atoms with Crippen LogP contribution in [0.2, 0.25) is 0 Å². The lowest BCUT2D eigenvalue weighted by Gasteiger charge is -2.31. The molecule has 0 bridgehead atoms. The van der Waals surface area contributed by atoms with Crippen LogP contribution in [0, 0.1) is 0 Å². The second-order valence-electron chi connectivity index (χ2n) is 6.05. The van der Waals surface area contributed by atoms with Gasteiger partial charge in [-0.05, 0) is 37.1 Å². The van der Waals surface area contributed by atoms with Crippen LogP contribution in [0.25, 0.3) is 0 Å². The third-order valence-corrected chi connectivity index (χ3v) is 6.37. The summed E-state index contributed by atoms with van der Waals surface area (Å²) in [6, 6.07) is 14.3. The summed E-state index contributed by atoms with van der Waals surface area (Å²) in [7, 11) is -0.648.